The molecule has 0 amide bonds. The lowest BCUT2D eigenvalue weighted by Gasteiger charge is -1.97. The summed E-state index contributed by atoms with van der Waals surface area (Å²) in [4.78, 5) is 15.5. The number of oxazole rings is 1. The molecule has 0 unspecified atom stereocenters. The number of benzene rings is 1. The highest BCUT2D eigenvalue weighted by atomic mass is 79.9. The van der Waals surface area contributed by atoms with Crippen LogP contribution in [0.3, 0.4) is 0 Å². The largest absolute Gasteiger partial charge is 0.461 e. The second-order valence-corrected chi connectivity index (χ2v) is 4.44. The molecule has 1 aromatic heterocycles. The van der Waals surface area contributed by atoms with E-state index in [1.807, 2.05) is 0 Å². The lowest BCUT2D eigenvalue weighted by Crippen LogP contribution is -2.07. The van der Waals surface area contributed by atoms with Gasteiger partial charge in [-0.1, -0.05) is 0 Å². The van der Waals surface area contributed by atoms with Crippen molar-refractivity contribution in [1.29, 1.82) is 0 Å². The number of aromatic nitrogens is 1. The Kier molecular flexibility index (Phi) is 3.84. The van der Waals surface area contributed by atoms with Crippen molar-refractivity contribution in [2.24, 2.45) is 0 Å². The molecule has 0 aliphatic carbocycles. The van der Waals surface area contributed by atoms with Crippen LogP contribution in [0.1, 0.15) is 17.4 Å². The molecule has 7 heteroatoms. The average Bonchev–Trinajstić information content (AvgIpc) is 2.75. The van der Waals surface area contributed by atoms with E-state index in [4.69, 9.17) is 14.9 Å². The predicted octanol–water partition coefficient (Wildman–Crippen LogP) is 3.00. The minimum absolute atomic E-state index is 0.0858. The number of esters is 1. The maximum atomic E-state index is 13.1. The summed E-state index contributed by atoms with van der Waals surface area (Å²) in [5, 5.41) is 0. The smallest absolute Gasteiger partial charge is 0.362 e. The highest BCUT2D eigenvalue weighted by Crippen LogP contribution is 2.27. The Balaban J connectivity index is 2.38. The highest BCUT2D eigenvalue weighted by Gasteiger charge is 2.20. The number of carbonyl (C=O) groups excluding carboxylic acids is 1. The standard InChI is InChI=1S/C12H10BrFN2O3/c1-2-18-12(17)9-10(15)19-11(16-9)6-3-4-8(14)7(13)5-6/h3-5H,2,15H2,1H3. The molecular formula is C12H10BrFN2O3. The molecule has 1 heterocycles. The van der Waals surface area contributed by atoms with Crippen molar-refractivity contribution in [3.8, 4) is 11.5 Å². The van der Waals surface area contributed by atoms with Crippen LogP contribution in [0.4, 0.5) is 10.3 Å². The van der Waals surface area contributed by atoms with Crippen LogP contribution in [0.25, 0.3) is 11.5 Å². The number of nitrogens with zero attached hydrogens (tertiary/aromatic N) is 1. The van der Waals surface area contributed by atoms with E-state index in [2.05, 4.69) is 20.9 Å². The fraction of sp³-hybridized carbons (Fsp3) is 0.167. The highest BCUT2D eigenvalue weighted by molar-refractivity contribution is 9.10. The number of carbonyl (C=O) groups is 1. The van der Waals surface area contributed by atoms with Crippen molar-refractivity contribution in [2.45, 2.75) is 6.92 Å². The number of halogens is 2. The van der Waals surface area contributed by atoms with Gasteiger partial charge in [-0.05, 0) is 41.1 Å². The first-order chi connectivity index (χ1) is 9.02. The molecule has 2 rings (SSSR count). The average molecular weight is 329 g/mol. The molecule has 2 N–H and O–H groups in total. The number of nitrogen functional groups attached to an aromatic ring is 1. The molecule has 100 valence electrons. The number of anilines is 1. The molecule has 0 atom stereocenters. The topological polar surface area (TPSA) is 78.3 Å². The molecule has 0 aliphatic heterocycles. The monoisotopic (exact) mass is 328 g/mol. The lowest BCUT2D eigenvalue weighted by atomic mass is 10.2. The maximum Gasteiger partial charge on any atom is 0.362 e. The van der Waals surface area contributed by atoms with Crippen molar-refractivity contribution >= 4 is 27.8 Å². The van der Waals surface area contributed by atoms with E-state index in [0.717, 1.165) is 0 Å². The Morgan fingerprint density at radius 1 is 1.58 bits per heavy atom. The van der Waals surface area contributed by atoms with Crippen LogP contribution in [-0.2, 0) is 4.74 Å². The zero-order valence-electron chi connectivity index (χ0n) is 9.94. The van der Waals surface area contributed by atoms with E-state index in [1.165, 1.54) is 18.2 Å². The zero-order valence-corrected chi connectivity index (χ0v) is 11.5. The molecule has 0 bridgehead atoms. The summed E-state index contributed by atoms with van der Waals surface area (Å²) in [5.41, 5.74) is 5.97. The van der Waals surface area contributed by atoms with Gasteiger partial charge in [0.2, 0.25) is 17.5 Å². The molecular weight excluding hydrogens is 319 g/mol. The van der Waals surface area contributed by atoms with Crippen LogP contribution in [0.5, 0.6) is 0 Å². The third kappa shape index (κ3) is 2.76. The molecule has 1 aromatic carbocycles. The molecule has 0 spiro atoms. The van der Waals surface area contributed by atoms with Crippen LogP contribution in [0.2, 0.25) is 0 Å². The van der Waals surface area contributed by atoms with E-state index >= 15 is 0 Å². The van der Waals surface area contributed by atoms with Crippen molar-refractivity contribution in [1.82, 2.24) is 4.98 Å². The van der Waals surface area contributed by atoms with Crippen molar-refractivity contribution in [3.63, 3.8) is 0 Å². The van der Waals surface area contributed by atoms with Gasteiger partial charge in [-0.2, -0.15) is 4.98 Å². The van der Waals surface area contributed by atoms with E-state index in [-0.39, 0.29) is 28.5 Å². The summed E-state index contributed by atoms with van der Waals surface area (Å²) in [5.74, 6) is -1.07. The van der Waals surface area contributed by atoms with Gasteiger partial charge in [0.05, 0.1) is 11.1 Å². The van der Waals surface area contributed by atoms with Crippen molar-refractivity contribution in [2.75, 3.05) is 12.3 Å². The van der Waals surface area contributed by atoms with Crippen LogP contribution < -0.4 is 5.73 Å². The fourth-order valence-corrected chi connectivity index (χ4v) is 1.81. The normalized spacial score (nSPS) is 10.5. The third-order valence-electron chi connectivity index (χ3n) is 2.29. The van der Waals surface area contributed by atoms with Gasteiger partial charge in [-0.25, -0.2) is 9.18 Å². The zero-order chi connectivity index (χ0) is 14.0. The summed E-state index contributed by atoms with van der Waals surface area (Å²) in [6.45, 7) is 1.88. The van der Waals surface area contributed by atoms with Crippen molar-refractivity contribution < 1.29 is 18.3 Å². The summed E-state index contributed by atoms with van der Waals surface area (Å²) in [6, 6.07) is 4.21. The Labute approximate surface area is 116 Å². The molecule has 0 fully saturated rings. The van der Waals surface area contributed by atoms with Gasteiger partial charge in [0.15, 0.2) is 0 Å². The first-order valence-electron chi connectivity index (χ1n) is 5.41. The Bertz CT molecular complexity index is 627. The second-order valence-electron chi connectivity index (χ2n) is 3.58. The molecule has 0 radical (unpaired) electrons. The van der Waals surface area contributed by atoms with Crippen LogP contribution >= 0.6 is 15.9 Å². The van der Waals surface area contributed by atoms with Crippen molar-refractivity contribution in [3.05, 3.63) is 34.2 Å². The molecule has 0 aliphatic rings. The second kappa shape index (κ2) is 5.40. The Hall–Kier alpha value is -1.89. The van der Waals surface area contributed by atoms with Gasteiger partial charge in [0, 0.05) is 5.56 Å². The molecule has 0 saturated heterocycles. The first-order valence-corrected chi connectivity index (χ1v) is 6.21. The van der Waals surface area contributed by atoms with Crippen LogP contribution in [0.15, 0.2) is 27.1 Å². The van der Waals surface area contributed by atoms with E-state index in [1.54, 1.807) is 6.92 Å². The molecule has 0 saturated carbocycles. The van der Waals surface area contributed by atoms with Crippen LogP contribution in [0, 0.1) is 5.82 Å². The Morgan fingerprint density at radius 3 is 2.95 bits per heavy atom. The lowest BCUT2D eigenvalue weighted by molar-refractivity contribution is 0.0521. The Morgan fingerprint density at radius 2 is 2.32 bits per heavy atom. The molecule has 19 heavy (non-hydrogen) atoms. The fourth-order valence-electron chi connectivity index (χ4n) is 1.43. The molecule has 5 nitrogen and oxygen atoms in total. The number of ether oxygens (including phenoxy) is 1. The first kappa shape index (κ1) is 13.5. The number of hydrogen-bond acceptors (Lipinski definition) is 5. The van der Waals surface area contributed by atoms with Gasteiger partial charge in [-0.3, -0.25) is 0 Å². The number of nitrogens with two attached hydrogens (primary N) is 1. The molecule has 2 aromatic rings. The third-order valence-corrected chi connectivity index (χ3v) is 2.90. The van der Waals surface area contributed by atoms with Gasteiger partial charge in [0.1, 0.15) is 5.82 Å². The SMILES string of the molecule is CCOC(=O)c1nc(-c2ccc(F)c(Br)c2)oc1N. The quantitative estimate of drug-likeness (QED) is 0.876. The van der Waals surface area contributed by atoms with E-state index < -0.39 is 11.8 Å². The maximum absolute atomic E-state index is 13.1. The number of hydrogen-bond donors (Lipinski definition) is 1. The number of rotatable bonds is 3. The summed E-state index contributed by atoms with van der Waals surface area (Å²) >= 11 is 3.06. The van der Waals surface area contributed by atoms with Crippen LogP contribution in [-0.4, -0.2) is 17.6 Å². The summed E-state index contributed by atoms with van der Waals surface area (Å²) < 4.78 is 23.4. The van der Waals surface area contributed by atoms with Gasteiger partial charge >= 0.3 is 5.97 Å². The van der Waals surface area contributed by atoms with Gasteiger partial charge in [-0.15, -0.1) is 0 Å². The summed E-state index contributed by atoms with van der Waals surface area (Å²) in [6.07, 6.45) is 0. The predicted molar refractivity (Wildman–Crippen MR) is 70.0 cm³/mol. The minimum atomic E-state index is -0.656. The summed E-state index contributed by atoms with van der Waals surface area (Å²) in [7, 11) is 0. The van der Waals surface area contributed by atoms with Gasteiger partial charge in [0.25, 0.3) is 0 Å². The van der Waals surface area contributed by atoms with E-state index in [9.17, 15) is 9.18 Å². The van der Waals surface area contributed by atoms with E-state index in [0.29, 0.717) is 5.56 Å². The van der Waals surface area contributed by atoms with Gasteiger partial charge < -0.3 is 14.9 Å². The minimum Gasteiger partial charge on any atom is -0.461 e.